The summed E-state index contributed by atoms with van der Waals surface area (Å²) in [4.78, 5) is 15.3. The van der Waals surface area contributed by atoms with Crippen LogP contribution in [0.1, 0.15) is 17.5 Å². The molecule has 0 fully saturated rings. The number of oxime groups is 1. The van der Waals surface area contributed by atoms with E-state index in [2.05, 4.69) is 5.16 Å². The Morgan fingerprint density at radius 1 is 1.53 bits per heavy atom. The first-order chi connectivity index (χ1) is 7.20. The van der Waals surface area contributed by atoms with E-state index in [1.54, 1.807) is 6.07 Å². The van der Waals surface area contributed by atoms with Crippen LogP contribution in [0.15, 0.2) is 23.4 Å². The minimum Gasteiger partial charge on any atom is -0.395 e. The predicted molar refractivity (Wildman–Crippen MR) is 54.9 cm³/mol. The Balaban J connectivity index is 2.56. The molecule has 1 aliphatic heterocycles. The fourth-order valence-corrected chi connectivity index (χ4v) is 1.66. The summed E-state index contributed by atoms with van der Waals surface area (Å²) >= 11 is 0. The van der Waals surface area contributed by atoms with Gasteiger partial charge in [0.05, 0.1) is 16.2 Å². The summed E-state index contributed by atoms with van der Waals surface area (Å²) in [6, 6.07) is 5.00. The van der Waals surface area contributed by atoms with Crippen LogP contribution in [0, 0.1) is 17.0 Å². The van der Waals surface area contributed by atoms with Crippen LogP contribution in [0.4, 0.5) is 5.69 Å². The van der Waals surface area contributed by atoms with Crippen LogP contribution in [0.25, 0.3) is 0 Å². The first-order valence-electron chi connectivity index (χ1n) is 4.63. The molecule has 78 valence electrons. The summed E-state index contributed by atoms with van der Waals surface area (Å²) in [5, 5.41) is 14.7. The second-order valence-corrected chi connectivity index (χ2v) is 3.35. The van der Waals surface area contributed by atoms with Gasteiger partial charge in [-0.15, -0.1) is 0 Å². The predicted octanol–water partition coefficient (Wildman–Crippen LogP) is 2.03. The zero-order valence-corrected chi connectivity index (χ0v) is 8.27. The van der Waals surface area contributed by atoms with Gasteiger partial charge in [0, 0.05) is 12.5 Å². The smallest absolute Gasteiger partial charge is 0.278 e. The Hall–Kier alpha value is -1.91. The molecule has 15 heavy (non-hydrogen) atoms. The maximum Gasteiger partial charge on any atom is 0.278 e. The van der Waals surface area contributed by atoms with Gasteiger partial charge in [-0.3, -0.25) is 10.1 Å². The van der Waals surface area contributed by atoms with Crippen molar-refractivity contribution in [2.24, 2.45) is 5.16 Å². The molecule has 1 aliphatic rings. The van der Waals surface area contributed by atoms with E-state index >= 15 is 0 Å². The third-order valence-corrected chi connectivity index (χ3v) is 2.34. The molecule has 0 unspecified atom stereocenters. The lowest BCUT2D eigenvalue weighted by molar-refractivity contribution is -0.385. The molecule has 0 spiro atoms. The monoisotopic (exact) mass is 206 g/mol. The van der Waals surface area contributed by atoms with Crippen LogP contribution in [-0.4, -0.2) is 17.2 Å². The standard InChI is InChI=1S/C10H10N2O3/c1-7-3-2-4-9(12(13)14)10(7)8-5-6-15-11-8/h2-4H,5-6H2,1H3. The highest BCUT2D eigenvalue weighted by Crippen LogP contribution is 2.25. The number of benzene rings is 1. The Morgan fingerprint density at radius 3 is 2.93 bits per heavy atom. The van der Waals surface area contributed by atoms with Gasteiger partial charge in [-0.05, 0) is 12.5 Å². The van der Waals surface area contributed by atoms with E-state index in [4.69, 9.17) is 4.84 Å². The maximum atomic E-state index is 10.8. The topological polar surface area (TPSA) is 64.7 Å². The molecule has 0 amide bonds. The molecular weight excluding hydrogens is 196 g/mol. The lowest BCUT2D eigenvalue weighted by atomic mass is 10.0. The third-order valence-electron chi connectivity index (χ3n) is 2.34. The van der Waals surface area contributed by atoms with Crippen molar-refractivity contribution < 1.29 is 9.76 Å². The summed E-state index contributed by atoms with van der Waals surface area (Å²) < 4.78 is 0. The minimum absolute atomic E-state index is 0.0965. The van der Waals surface area contributed by atoms with Gasteiger partial charge in [0.2, 0.25) is 0 Å². The van der Waals surface area contributed by atoms with Gasteiger partial charge in [0.25, 0.3) is 5.69 Å². The second kappa shape index (κ2) is 3.68. The highest BCUT2D eigenvalue weighted by atomic mass is 16.6. The summed E-state index contributed by atoms with van der Waals surface area (Å²) in [5.74, 6) is 0. The van der Waals surface area contributed by atoms with Gasteiger partial charge in [0.15, 0.2) is 0 Å². The second-order valence-electron chi connectivity index (χ2n) is 3.35. The fourth-order valence-electron chi connectivity index (χ4n) is 1.66. The van der Waals surface area contributed by atoms with Crippen LogP contribution >= 0.6 is 0 Å². The molecule has 0 N–H and O–H groups in total. The van der Waals surface area contributed by atoms with Crippen molar-refractivity contribution in [2.45, 2.75) is 13.3 Å². The number of hydrogen-bond donors (Lipinski definition) is 0. The van der Waals surface area contributed by atoms with E-state index in [1.807, 2.05) is 13.0 Å². The van der Waals surface area contributed by atoms with Crippen LogP contribution in [0.5, 0.6) is 0 Å². The molecule has 0 saturated heterocycles. The molecule has 0 atom stereocenters. The van der Waals surface area contributed by atoms with Crippen LogP contribution in [0.3, 0.4) is 0 Å². The summed E-state index contributed by atoms with van der Waals surface area (Å²) in [5.41, 5.74) is 2.22. The molecule has 1 aromatic carbocycles. The van der Waals surface area contributed by atoms with Crippen molar-refractivity contribution in [3.63, 3.8) is 0 Å². The number of nitrogens with zero attached hydrogens (tertiary/aromatic N) is 2. The Morgan fingerprint density at radius 2 is 2.33 bits per heavy atom. The van der Waals surface area contributed by atoms with Gasteiger partial charge < -0.3 is 4.84 Å². The Labute approximate surface area is 86.5 Å². The van der Waals surface area contributed by atoms with Gasteiger partial charge >= 0.3 is 0 Å². The summed E-state index contributed by atoms with van der Waals surface area (Å²) in [6.45, 7) is 2.34. The van der Waals surface area contributed by atoms with Crippen molar-refractivity contribution in [3.05, 3.63) is 39.4 Å². The fraction of sp³-hybridized carbons (Fsp3) is 0.300. The largest absolute Gasteiger partial charge is 0.395 e. The molecule has 5 nitrogen and oxygen atoms in total. The minimum atomic E-state index is -0.386. The number of aryl methyl sites for hydroxylation is 1. The van der Waals surface area contributed by atoms with Crippen LogP contribution in [-0.2, 0) is 4.84 Å². The van der Waals surface area contributed by atoms with E-state index < -0.39 is 0 Å². The zero-order chi connectivity index (χ0) is 10.8. The SMILES string of the molecule is Cc1cccc([N+](=O)[O-])c1C1=NOCC1. The van der Waals surface area contributed by atoms with Crippen LogP contribution in [0.2, 0.25) is 0 Å². The third kappa shape index (κ3) is 1.68. The van der Waals surface area contributed by atoms with Crippen molar-refractivity contribution in [1.82, 2.24) is 0 Å². The summed E-state index contributed by atoms with van der Waals surface area (Å²) in [7, 11) is 0. The molecule has 5 heteroatoms. The highest BCUT2D eigenvalue weighted by molar-refractivity contribution is 6.05. The molecule has 2 rings (SSSR count). The average Bonchev–Trinajstić information content (AvgIpc) is 2.70. The van der Waals surface area contributed by atoms with Gasteiger partial charge in [-0.25, -0.2) is 0 Å². The van der Waals surface area contributed by atoms with E-state index in [0.29, 0.717) is 24.3 Å². The molecule has 0 radical (unpaired) electrons. The van der Waals surface area contributed by atoms with Crippen molar-refractivity contribution in [1.29, 1.82) is 0 Å². The van der Waals surface area contributed by atoms with E-state index in [1.165, 1.54) is 6.07 Å². The maximum absolute atomic E-state index is 10.8. The Kier molecular flexibility index (Phi) is 2.37. The molecule has 0 bridgehead atoms. The summed E-state index contributed by atoms with van der Waals surface area (Å²) in [6.07, 6.45) is 0.631. The first kappa shape index (κ1) is 9.64. The van der Waals surface area contributed by atoms with E-state index in [-0.39, 0.29) is 10.6 Å². The van der Waals surface area contributed by atoms with Gasteiger partial charge in [0.1, 0.15) is 6.61 Å². The lowest BCUT2D eigenvalue weighted by Crippen LogP contribution is -2.05. The molecule has 1 heterocycles. The molecular formula is C10H10N2O3. The van der Waals surface area contributed by atoms with Crippen molar-refractivity contribution >= 4 is 11.4 Å². The highest BCUT2D eigenvalue weighted by Gasteiger charge is 2.22. The molecule has 1 aromatic rings. The number of rotatable bonds is 2. The van der Waals surface area contributed by atoms with Gasteiger partial charge in [-0.2, -0.15) is 0 Å². The lowest BCUT2D eigenvalue weighted by Gasteiger charge is -2.04. The first-order valence-corrected chi connectivity index (χ1v) is 4.63. The number of nitro benzene ring substituents is 1. The van der Waals surface area contributed by atoms with Crippen LogP contribution < -0.4 is 0 Å². The number of nitro groups is 1. The van der Waals surface area contributed by atoms with E-state index in [9.17, 15) is 10.1 Å². The average molecular weight is 206 g/mol. The number of hydrogen-bond acceptors (Lipinski definition) is 4. The molecule has 0 saturated carbocycles. The molecule has 0 aliphatic carbocycles. The normalized spacial score (nSPS) is 14.6. The van der Waals surface area contributed by atoms with E-state index in [0.717, 1.165) is 5.56 Å². The quantitative estimate of drug-likeness (QED) is 0.549. The van der Waals surface area contributed by atoms with Gasteiger partial charge in [-0.1, -0.05) is 17.3 Å². The zero-order valence-electron chi connectivity index (χ0n) is 8.27. The van der Waals surface area contributed by atoms with Crippen molar-refractivity contribution in [3.8, 4) is 0 Å². The van der Waals surface area contributed by atoms with Crippen molar-refractivity contribution in [2.75, 3.05) is 6.61 Å². The Bertz CT molecular complexity index is 440. The molecule has 0 aromatic heterocycles.